The molecule has 0 aliphatic carbocycles. The molecule has 4 nitrogen and oxygen atoms in total. The number of allylic oxidation sites excluding steroid dienone is 3. The molecule has 0 unspecified atom stereocenters. The van der Waals surface area contributed by atoms with Crippen molar-refractivity contribution in [3.05, 3.63) is 38.0 Å². The topological polar surface area (TPSA) is 66.8 Å². The second kappa shape index (κ2) is 8.44. The van der Waals surface area contributed by atoms with Gasteiger partial charge in [-0.05, 0) is 37.5 Å². The van der Waals surface area contributed by atoms with E-state index in [2.05, 4.69) is 24.3 Å². The Morgan fingerprint density at radius 2 is 1.50 bits per heavy atom. The summed E-state index contributed by atoms with van der Waals surface area (Å²) in [7, 11) is -4.35. The molecule has 104 valence electrons. The molecule has 18 heavy (non-hydrogen) atoms. The lowest BCUT2D eigenvalue weighted by atomic mass is 9.74. The van der Waals surface area contributed by atoms with Crippen LogP contribution in [0.25, 0.3) is 0 Å². The molecule has 0 radical (unpaired) electrons. The summed E-state index contributed by atoms with van der Waals surface area (Å²) in [5.74, 6) is 0. The van der Waals surface area contributed by atoms with E-state index in [0.717, 1.165) is 25.7 Å². The lowest BCUT2D eigenvalue weighted by Crippen LogP contribution is -2.19. The van der Waals surface area contributed by atoms with Gasteiger partial charge >= 0.3 is 7.82 Å². The van der Waals surface area contributed by atoms with E-state index in [9.17, 15) is 4.57 Å². The van der Waals surface area contributed by atoms with Crippen molar-refractivity contribution in [1.29, 1.82) is 0 Å². The molecule has 0 aliphatic rings. The Balaban J connectivity index is 4.38. The first-order valence-corrected chi connectivity index (χ1v) is 7.45. The zero-order valence-corrected chi connectivity index (χ0v) is 11.6. The molecule has 0 aromatic rings. The first-order chi connectivity index (χ1) is 8.39. The Hall–Kier alpha value is -0.670. The lowest BCUT2D eigenvalue weighted by Gasteiger charge is -2.31. The summed E-state index contributed by atoms with van der Waals surface area (Å²) in [4.78, 5) is 17.2. The van der Waals surface area contributed by atoms with E-state index in [0.29, 0.717) is 6.42 Å². The van der Waals surface area contributed by atoms with Crippen molar-refractivity contribution < 1.29 is 18.9 Å². The van der Waals surface area contributed by atoms with Crippen LogP contribution in [0.4, 0.5) is 0 Å². The normalized spacial score (nSPS) is 12.1. The summed E-state index contributed by atoms with van der Waals surface area (Å²) in [6, 6.07) is 0. The zero-order valence-electron chi connectivity index (χ0n) is 10.8. The van der Waals surface area contributed by atoms with Crippen LogP contribution >= 0.6 is 7.82 Å². The zero-order chi connectivity index (χ0) is 14.1. The second-order valence-corrected chi connectivity index (χ2v) is 5.65. The van der Waals surface area contributed by atoms with E-state index >= 15 is 0 Å². The Labute approximate surface area is 109 Å². The Morgan fingerprint density at radius 3 is 1.83 bits per heavy atom. The van der Waals surface area contributed by atoms with E-state index in [1.807, 2.05) is 18.2 Å². The van der Waals surface area contributed by atoms with Crippen molar-refractivity contribution in [2.45, 2.75) is 32.1 Å². The predicted molar refractivity (Wildman–Crippen MR) is 74.1 cm³/mol. The van der Waals surface area contributed by atoms with Gasteiger partial charge in [0.05, 0.1) is 6.61 Å². The first kappa shape index (κ1) is 17.3. The molecule has 0 rings (SSSR count). The molecular formula is C13H23O4P. The van der Waals surface area contributed by atoms with E-state index in [1.54, 1.807) is 0 Å². The Kier molecular flexibility index (Phi) is 8.12. The molecule has 2 N–H and O–H groups in total. The fourth-order valence-electron chi connectivity index (χ4n) is 2.11. The maximum absolute atomic E-state index is 10.6. The molecule has 0 saturated heterocycles. The summed E-state index contributed by atoms with van der Waals surface area (Å²) < 4.78 is 15.0. The minimum absolute atomic E-state index is 0.0104. The number of hydrogen-bond donors (Lipinski definition) is 2. The van der Waals surface area contributed by atoms with Gasteiger partial charge in [0.2, 0.25) is 0 Å². The standard InChI is InChI=1S/C13H23O4P/c1-4-8-13(9-5-2,10-6-3)11-7-12-17-18(14,15)16/h4-6H,1-3,7-12H2,(H2,14,15,16). The quantitative estimate of drug-likeness (QED) is 0.343. The third-order valence-electron chi connectivity index (χ3n) is 2.84. The maximum atomic E-state index is 10.6. The van der Waals surface area contributed by atoms with Crippen LogP contribution in [0.3, 0.4) is 0 Å². The van der Waals surface area contributed by atoms with Crippen molar-refractivity contribution in [2.75, 3.05) is 6.61 Å². The van der Waals surface area contributed by atoms with E-state index in [1.165, 1.54) is 0 Å². The number of rotatable bonds is 11. The fraction of sp³-hybridized carbons (Fsp3) is 0.538. The number of phosphoric acid groups is 1. The molecule has 0 bridgehead atoms. The van der Waals surface area contributed by atoms with Gasteiger partial charge in [0.15, 0.2) is 0 Å². The van der Waals surface area contributed by atoms with Gasteiger partial charge in [-0.15, -0.1) is 19.7 Å². The molecular weight excluding hydrogens is 251 g/mol. The van der Waals surface area contributed by atoms with Crippen molar-refractivity contribution in [3.63, 3.8) is 0 Å². The molecule has 0 heterocycles. The molecule has 5 heteroatoms. The van der Waals surface area contributed by atoms with Crippen molar-refractivity contribution in [1.82, 2.24) is 0 Å². The van der Waals surface area contributed by atoms with E-state index in [-0.39, 0.29) is 12.0 Å². The van der Waals surface area contributed by atoms with E-state index < -0.39 is 7.82 Å². The highest BCUT2D eigenvalue weighted by atomic mass is 31.2. The highest BCUT2D eigenvalue weighted by Crippen LogP contribution is 2.39. The molecule has 0 amide bonds. The molecule has 0 aliphatic heterocycles. The minimum atomic E-state index is -4.35. The number of hydrogen-bond acceptors (Lipinski definition) is 2. The smallest absolute Gasteiger partial charge is 0.303 e. The highest BCUT2D eigenvalue weighted by molar-refractivity contribution is 7.46. The summed E-state index contributed by atoms with van der Waals surface area (Å²) in [6.07, 6.45) is 9.41. The van der Waals surface area contributed by atoms with Crippen LogP contribution < -0.4 is 0 Å². The minimum Gasteiger partial charge on any atom is -0.303 e. The molecule has 0 aromatic heterocycles. The summed E-state index contributed by atoms with van der Waals surface area (Å²) in [5, 5.41) is 0. The Bertz CT molecular complexity index is 292. The van der Waals surface area contributed by atoms with Gasteiger partial charge in [0, 0.05) is 0 Å². The van der Waals surface area contributed by atoms with Crippen LogP contribution in [-0.4, -0.2) is 16.4 Å². The molecule has 0 aromatic carbocycles. The average molecular weight is 274 g/mol. The largest absolute Gasteiger partial charge is 0.469 e. The third kappa shape index (κ3) is 7.62. The van der Waals surface area contributed by atoms with Gasteiger partial charge in [0.25, 0.3) is 0 Å². The molecule has 0 atom stereocenters. The van der Waals surface area contributed by atoms with Crippen molar-refractivity contribution in [2.24, 2.45) is 5.41 Å². The Morgan fingerprint density at radius 1 is 1.06 bits per heavy atom. The third-order valence-corrected chi connectivity index (χ3v) is 3.36. The first-order valence-electron chi connectivity index (χ1n) is 5.92. The summed E-state index contributed by atoms with van der Waals surface area (Å²) in [6.45, 7) is 11.3. The second-order valence-electron chi connectivity index (χ2n) is 4.41. The van der Waals surface area contributed by atoms with Gasteiger partial charge in [-0.1, -0.05) is 18.2 Å². The van der Waals surface area contributed by atoms with Gasteiger partial charge in [0.1, 0.15) is 0 Å². The molecule has 0 spiro atoms. The van der Waals surface area contributed by atoms with Gasteiger partial charge in [-0.2, -0.15) is 0 Å². The molecule has 0 fully saturated rings. The van der Waals surface area contributed by atoms with Gasteiger partial charge in [-0.3, -0.25) is 4.52 Å². The van der Waals surface area contributed by atoms with Crippen LogP contribution in [0.1, 0.15) is 32.1 Å². The van der Waals surface area contributed by atoms with Crippen molar-refractivity contribution >= 4 is 7.82 Å². The van der Waals surface area contributed by atoms with Crippen LogP contribution in [0.15, 0.2) is 38.0 Å². The SMILES string of the molecule is C=CCC(CC=C)(CC=C)CCCOP(=O)(O)O. The van der Waals surface area contributed by atoms with Gasteiger partial charge < -0.3 is 9.79 Å². The average Bonchev–Trinajstić information content (AvgIpc) is 2.24. The summed E-state index contributed by atoms with van der Waals surface area (Å²) in [5.41, 5.74) is -0.0104. The van der Waals surface area contributed by atoms with Gasteiger partial charge in [-0.25, -0.2) is 4.57 Å². The van der Waals surface area contributed by atoms with Crippen LogP contribution in [0.5, 0.6) is 0 Å². The van der Waals surface area contributed by atoms with Crippen LogP contribution in [0, 0.1) is 5.41 Å². The maximum Gasteiger partial charge on any atom is 0.469 e. The monoisotopic (exact) mass is 274 g/mol. The van der Waals surface area contributed by atoms with Crippen LogP contribution in [-0.2, 0) is 9.09 Å². The van der Waals surface area contributed by atoms with Crippen molar-refractivity contribution in [3.8, 4) is 0 Å². The highest BCUT2D eigenvalue weighted by Gasteiger charge is 2.26. The predicted octanol–water partition coefficient (Wildman–Crippen LogP) is 3.59. The number of phosphoric ester groups is 1. The fourth-order valence-corrected chi connectivity index (χ4v) is 2.47. The summed E-state index contributed by atoms with van der Waals surface area (Å²) >= 11 is 0. The van der Waals surface area contributed by atoms with E-state index in [4.69, 9.17) is 9.79 Å². The van der Waals surface area contributed by atoms with Crippen LogP contribution in [0.2, 0.25) is 0 Å². The lowest BCUT2D eigenvalue weighted by molar-refractivity contribution is 0.175. The molecule has 0 saturated carbocycles.